The van der Waals surface area contributed by atoms with E-state index in [4.69, 9.17) is 9.47 Å². The lowest BCUT2D eigenvalue weighted by Gasteiger charge is -2.40. The first-order valence-corrected chi connectivity index (χ1v) is 12.9. The third-order valence-electron chi connectivity index (χ3n) is 6.99. The summed E-state index contributed by atoms with van der Waals surface area (Å²) in [5.74, 6) is -1.03. The molecule has 0 aliphatic carbocycles. The number of hydrogen-bond donors (Lipinski definition) is 2. The average molecular weight is 482 g/mol. The van der Waals surface area contributed by atoms with Crippen molar-refractivity contribution < 1.29 is 32.7 Å². The SMILES string of the molecule is O=C(O[C@H]1CCOC1)N1CCC(CS(=O)(=O)N2CCC(c3ccccc3)C2)(C(=O)NO)CC1. The van der Waals surface area contributed by atoms with Gasteiger partial charge in [0, 0.05) is 32.6 Å². The standard InChI is InChI=1S/C22H31N3O7S/c26-20(23-28)22(8-11-24(12-9-22)21(27)32-19-7-13-31-15-19)16-33(29,30)25-10-6-18(14-25)17-4-2-1-3-5-17/h1-5,18-19,28H,6-16H2,(H,23,26)/t18?,19-/m0/s1. The van der Waals surface area contributed by atoms with Crippen LogP contribution in [-0.2, 0) is 24.3 Å². The summed E-state index contributed by atoms with van der Waals surface area (Å²) in [7, 11) is -3.76. The van der Waals surface area contributed by atoms with Gasteiger partial charge in [-0.3, -0.25) is 10.0 Å². The highest BCUT2D eigenvalue weighted by molar-refractivity contribution is 7.89. The molecule has 3 saturated heterocycles. The number of benzene rings is 1. The molecule has 10 nitrogen and oxygen atoms in total. The van der Waals surface area contributed by atoms with Crippen molar-refractivity contribution in [1.29, 1.82) is 0 Å². The number of likely N-dealkylation sites (tertiary alicyclic amines) is 1. The lowest BCUT2D eigenvalue weighted by molar-refractivity contribution is -0.141. The summed E-state index contributed by atoms with van der Waals surface area (Å²) in [6.07, 6.45) is 0.826. The number of hydroxylamine groups is 1. The first kappa shape index (κ1) is 23.9. The van der Waals surface area contributed by atoms with Crippen LogP contribution < -0.4 is 5.48 Å². The van der Waals surface area contributed by atoms with Crippen LogP contribution in [0.3, 0.4) is 0 Å². The maximum atomic E-state index is 13.3. The second kappa shape index (κ2) is 9.96. The Hall–Kier alpha value is -2.21. The summed E-state index contributed by atoms with van der Waals surface area (Å²) in [5.41, 5.74) is 1.43. The van der Waals surface area contributed by atoms with E-state index in [0.29, 0.717) is 39.1 Å². The normalized spacial score (nSPS) is 25.7. The fraction of sp³-hybridized carbons (Fsp3) is 0.636. The molecule has 3 aliphatic heterocycles. The molecule has 0 bridgehead atoms. The van der Waals surface area contributed by atoms with Gasteiger partial charge in [0.15, 0.2) is 0 Å². The minimum absolute atomic E-state index is 0.111. The van der Waals surface area contributed by atoms with Gasteiger partial charge in [0.1, 0.15) is 6.10 Å². The lowest BCUT2D eigenvalue weighted by Crippen LogP contribution is -2.54. The highest BCUT2D eigenvalue weighted by Gasteiger charge is 2.48. The molecule has 0 saturated carbocycles. The zero-order valence-electron chi connectivity index (χ0n) is 18.5. The van der Waals surface area contributed by atoms with Crippen LogP contribution in [0.15, 0.2) is 30.3 Å². The van der Waals surface area contributed by atoms with Crippen molar-refractivity contribution in [2.24, 2.45) is 5.41 Å². The number of piperidine rings is 1. The molecule has 182 valence electrons. The van der Waals surface area contributed by atoms with Crippen molar-refractivity contribution in [1.82, 2.24) is 14.7 Å². The summed E-state index contributed by atoms with van der Waals surface area (Å²) in [6.45, 7) is 2.02. The molecule has 0 radical (unpaired) electrons. The van der Waals surface area contributed by atoms with Gasteiger partial charge in [-0.1, -0.05) is 30.3 Å². The molecule has 0 spiro atoms. The Morgan fingerprint density at radius 3 is 2.52 bits per heavy atom. The van der Waals surface area contributed by atoms with E-state index in [1.165, 1.54) is 9.21 Å². The summed E-state index contributed by atoms with van der Waals surface area (Å²) in [5, 5.41) is 9.34. The molecule has 33 heavy (non-hydrogen) atoms. The molecule has 1 aromatic rings. The number of rotatable bonds is 6. The highest BCUT2D eigenvalue weighted by atomic mass is 32.2. The molecule has 0 aromatic heterocycles. The smallest absolute Gasteiger partial charge is 0.410 e. The number of amides is 2. The summed E-state index contributed by atoms with van der Waals surface area (Å²) >= 11 is 0. The van der Waals surface area contributed by atoms with E-state index in [2.05, 4.69) is 0 Å². The molecular formula is C22H31N3O7S. The molecule has 2 N–H and O–H groups in total. The van der Waals surface area contributed by atoms with Crippen molar-refractivity contribution in [2.75, 3.05) is 45.1 Å². The molecular weight excluding hydrogens is 450 g/mol. The number of carbonyl (C=O) groups excluding carboxylic acids is 2. The fourth-order valence-corrected chi connectivity index (χ4v) is 7.01. The highest BCUT2D eigenvalue weighted by Crippen LogP contribution is 2.37. The Bertz CT molecular complexity index is 942. The quantitative estimate of drug-likeness (QED) is 0.464. The third-order valence-corrected chi connectivity index (χ3v) is 9.03. The number of hydrogen-bond acceptors (Lipinski definition) is 7. The molecule has 3 heterocycles. The van der Waals surface area contributed by atoms with Crippen LogP contribution >= 0.6 is 0 Å². The van der Waals surface area contributed by atoms with Gasteiger partial charge in [0.05, 0.1) is 24.4 Å². The van der Waals surface area contributed by atoms with E-state index in [9.17, 15) is 23.2 Å². The van der Waals surface area contributed by atoms with Crippen LogP contribution in [0.25, 0.3) is 0 Å². The fourth-order valence-electron chi connectivity index (χ4n) is 4.91. The minimum atomic E-state index is -3.76. The zero-order valence-corrected chi connectivity index (χ0v) is 19.3. The van der Waals surface area contributed by atoms with Gasteiger partial charge in [0.25, 0.3) is 5.91 Å². The number of nitrogens with zero attached hydrogens (tertiary/aromatic N) is 2. The summed E-state index contributed by atoms with van der Waals surface area (Å²) < 4.78 is 38.7. The zero-order chi connectivity index (χ0) is 23.5. The second-order valence-electron chi connectivity index (χ2n) is 9.09. The maximum absolute atomic E-state index is 13.3. The van der Waals surface area contributed by atoms with E-state index in [1.807, 2.05) is 30.3 Å². The molecule has 1 aromatic carbocycles. The first-order valence-electron chi connectivity index (χ1n) is 11.3. The minimum Gasteiger partial charge on any atom is -0.444 e. The topological polar surface area (TPSA) is 125 Å². The van der Waals surface area contributed by atoms with Crippen molar-refractivity contribution in [3.8, 4) is 0 Å². The van der Waals surface area contributed by atoms with E-state index in [1.54, 1.807) is 5.48 Å². The van der Waals surface area contributed by atoms with Crippen LogP contribution in [0.2, 0.25) is 0 Å². The largest absolute Gasteiger partial charge is 0.444 e. The predicted octanol–water partition coefficient (Wildman–Crippen LogP) is 1.32. The Kier molecular flexibility index (Phi) is 7.22. The van der Waals surface area contributed by atoms with Gasteiger partial charge in [-0.15, -0.1) is 0 Å². The van der Waals surface area contributed by atoms with Crippen LogP contribution in [0.1, 0.15) is 37.2 Å². The molecule has 4 rings (SSSR count). The van der Waals surface area contributed by atoms with E-state index >= 15 is 0 Å². The average Bonchev–Trinajstić information content (AvgIpc) is 3.52. The van der Waals surface area contributed by atoms with Gasteiger partial charge < -0.3 is 14.4 Å². The first-order chi connectivity index (χ1) is 15.8. The maximum Gasteiger partial charge on any atom is 0.410 e. The van der Waals surface area contributed by atoms with Gasteiger partial charge >= 0.3 is 6.09 Å². The number of nitrogens with one attached hydrogen (secondary N) is 1. The molecule has 3 fully saturated rings. The Balaban J connectivity index is 1.40. The number of carbonyl (C=O) groups is 2. The Morgan fingerprint density at radius 1 is 1.15 bits per heavy atom. The van der Waals surface area contributed by atoms with E-state index in [-0.39, 0.29) is 38.0 Å². The lowest BCUT2D eigenvalue weighted by atomic mass is 9.79. The van der Waals surface area contributed by atoms with Gasteiger partial charge in [-0.05, 0) is 30.7 Å². The van der Waals surface area contributed by atoms with Crippen molar-refractivity contribution >= 4 is 22.0 Å². The number of ether oxygens (including phenoxy) is 2. The Morgan fingerprint density at radius 2 is 1.88 bits per heavy atom. The molecule has 2 amide bonds. The summed E-state index contributed by atoms with van der Waals surface area (Å²) in [4.78, 5) is 26.5. The monoisotopic (exact) mass is 481 g/mol. The Labute approximate surface area is 193 Å². The van der Waals surface area contributed by atoms with Crippen LogP contribution in [-0.4, -0.2) is 86.1 Å². The second-order valence-corrected chi connectivity index (χ2v) is 11.1. The van der Waals surface area contributed by atoms with E-state index in [0.717, 1.165) is 5.56 Å². The molecule has 11 heteroatoms. The van der Waals surface area contributed by atoms with Crippen molar-refractivity contribution in [3.05, 3.63) is 35.9 Å². The molecule has 3 aliphatic rings. The van der Waals surface area contributed by atoms with Gasteiger partial charge in [-0.2, -0.15) is 0 Å². The predicted molar refractivity (Wildman–Crippen MR) is 118 cm³/mol. The van der Waals surface area contributed by atoms with Crippen molar-refractivity contribution in [2.45, 2.75) is 37.7 Å². The molecule has 1 unspecified atom stereocenters. The van der Waals surface area contributed by atoms with Gasteiger partial charge in [0.2, 0.25) is 10.0 Å². The van der Waals surface area contributed by atoms with Crippen LogP contribution in [0, 0.1) is 5.41 Å². The van der Waals surface area contributed by atoms with E-state index < -0.39 is 33.2 Å². The van der Waals surface area contributed by atoms with Crippen LogP contribution in [0.4, 0.5) is 4.79 Å². The van der Waals surface area contributed by atoms with Gasteiger partial charge in [-0.25, -0.2) is 23.0 Å². The summed E-state index contributed by atoms with van der Waals surface area (Å²) in [6, 6.07) is 9.78. The van der Waals surface area contributed by atoms with Crippen LogP contribution in [0.5, 0.6) is 0 Å². The third kappa shape index (κ3) is 5.32. The molecule has 2 atom stereocenters. The number of sulfonamides is 1. The van der Waals surface area contributed by atoms with Crippen molar-refractivity contribution in [3.63, 3.8) is 0 Å².